The van der Waals surface area contributed by atoms with Gasteiger partial charge in [-0.2, -0.15) is 13.2 Å². The van der Waals surface area contributed by atoms with E-state index in [1.54, 1.807) is 0 Å². The molecular formula is C10H11F3N2O2. The maximum absolute atomic E-state index is 12.4. The van der Waals surface area contributed by atoms with Crippen molar-refractivity contribution < 1.29 is 22.7 Å². The molecule has 0 atom stereocenters. The summed E-state index contributed by atoms with van der Waals surface area (Å²) >= 11 is 0. The van der Waals surface area contributed by atoms with Crippen molar-refractivity contribution in [1.82, 2.24) is 5.32 Å². The Kier molecular flexibility index (Phi) is 3.82. The molecule has 0 spiro atoms. The van der Waals surface area contributed by atoms with E-state index in [0.717, 1.165) is 18.2 Å². The number of halogens is 3. The summed E-state index contributed by atoms with van der Waals surface area (Å²) in [6.45, 7) is -0.276. The average molecular weight is 248 g/mol. The summed E-state index contributed by atoms with van der Waals surface area (Å²) in [4.78, 5) is 10.8. The molecule has 0 aliphatic rings. The van der Waals surface area contributed by atoms with Crippen LogP contribution in [0, 0.1) is 0 Å². The first-order valence-electron chi connectivity index (χ1n) is 4.64. The minimum absolute atomic E-state index is 0.110. The third-order valence-corrected chi connectivity index (χ3v) is 1.98. The number of ether oxygens (including phenoxy) is 1. The topological polar surface area (TPSA) is 64.3 Å². The van der Waals surface area contributed by atoms with Crippen molar-refractivity contribution in [2.75, 3.05) is 19.4 Å². The molecule has 7 heteroatoms. The molecule has 17 heavy (non-hydrogen) atoms. The van der Waals surface area contributed by atoms with Crippen LogP contribution in [-0.2, 0) is 11.0 Å². The maximum atomic E-state index is 12.4. The summed E-state index contributed by atoms with van der Waals surface area (Å²) in [5.41, 5.74) is 3.88. The minimum Gasteiger partial charge on any atom is -0.484 e. The van der Waals surface area contributed by atoms with Gasteiger partial charge in [-0.15, -0.1) is 0 Å². The molecule has 0 unspecified atom stereocenters. The predicted molar refractivity (Wildman–Crippen MR) is 55.4 cm³/mol. The molecule has 3 N–H and O–H groups in total. The van der Waals surface area contributed by atoms with E-state index < -0.39 is 17.4 Å². The second kappa shape index (κ2) is 4.94. The number of hydrogen-bond acceptors (Lipinski definition) is 3. The van der Waals surface area contributed by atoms with Gasteiger partial charge in [-0.3, -0.25) is 4.79 Å². The zero-order chi connectivity index (χ0) is 13.1. The first-order chi connectivity index (χ1) is 7.84. The van der Waals surface area contributed by atoms with Gasteiger partial charge in [0.1, 0.15) is 5.75 Å². The number of rotatable bonds is 3. The normalized spacial score (nSPS) is 11.1. The fourth-order valence-corrected chi connectivity index (χ4v) is 1.11. The van der Waals surface area contributed by atoms with E-state index in [-0.39, 0.29) is 18.3 Å². The summed E-state index contributed by atoms with van der Waals surface area (Å²) in [7, 11) is 1.42. The smallest absolute Gasteiger partial charge is 0.418 e. The molecule has 1 aromatic rings. The van der Waals surface area contributed by atoms with Crippen LogP contribution in [0.25, 0.3) is 0 Å². The Balaban J connectivity index is 2.79. The monoisotopic (exact) mass is 248 g/mol. The van der Waals surface area contributed by atoms with Crippen molar-refractivity contribution in [3.05, 3.63) is 23.8 Å². The second-order valence-electron chi connectivity index (χ2n) is 3.21. The number of nitrogens with two attached hydrogens (primary N) is 1. The van der Waals surface area contributed by atoms with Crippen LogP contribution < -0.4 is 15.8 Å². The molecule has 1 rings (SSSR count). The highest BCUT2D eigenvalue weighted by molar-refractivity contribution is 5.77. The van der Waals surface area contributed by atoms with Gasteiger partial charge < -0.3 is 15.8 Å². The molecule has 0 radical (unpaired) electrons. The number of anilines is 1. The van der Waals surface area contributed by atoms with Crippen molar-refractivity contribution >= 4 is 11.6 Å². The number of nitrogen functional groups attached to an aromatic ring is 1. The summed E-state index contributed by atoms with van der Waals surface area (Å²) in [6, 6.07) is 2.96. The van der Waals surface area contributed by atoms with Crippen LogP contribution in [0.2, 0.25) is 0 Å². The van der Waals surface area contributed by atoms with Gasteiger partial charge in [0.15, 0.2) is 6.61 Å². The molecule has 0 saturated heterocycles. The van der Waals surface area contributed by atoms with Gasteiger partial charge >= 0.3 is 6.18 Å². The summed E-state index contributed by atoms with van der Waals surface area (Å²) < 4.78 is 42.0. The molecule has 0 heterocycles. The molecule has 1 aromatic carbocycles. The molecule has 4 nitrogen and oxygen atoms in total. The lowest BCUT2D eigenvalue weighted by atomic mass is 10.1. The van der Waals surface area contributed by atoms with E-state index in [9.17, 15) is 18.0 Å². The summed E-state index contributed by atoms with van der Waals surface area (Å²) in [5, 5.41) is 2.31. The Labute approximate surface area is 95.6 Å². The number of benzene rings is 1. The summed E-state index contributed by atoms with van der Waals surface area (Å²) in [5.74, 6) is -0.275. The number of hydrogen-bond donors (Lipinski definition) is 2. The standard InChI is InChI=1S/C10H11F3N2O2/c1-15-9(16)5-17-6-2-3-7(8(14)4-6)10(11,12)13/h2-4H,5,14H2,1H3,(H,15,16). The first kappa shape index (κ1) is 13.1. The van der Waals surface area contributed by atoms with Gasteiger partial charge in [0.2, 0.25) is 0 Å². The third-order valence-electron chi connectivity index (χ3n) is 1.98. The lowest BCUT2D eigenvalue weighted by Gasteiger charge is -2.11. The van der Waals surface area contributed by atoms with Crippen LogP contribution in [0.3, 0.4) is 0 Å². The lowest BCUT2D eigenvalue weighted by molar-refractivity contribution is -0.137. The van der Waals surface area contributed by atoms with Crippen LogP contribution in [0.4, 0.5) is 18.9 Å². The molecule has 94 valence electrons. The quantitative estimate of drug-likeness (QED) is 0.795. The SMILES string of the molecule is CNC(=O)COc1ccc(C(F)(F)F)c(N)c1. The Hall–Kier alpha value is -1.92. The van der Waals surface area contributed by atoms with Gasteiger partial charge in [-0.05, 0) is 12.1 Å². The zero-order valence-electron chi connectivity index (χ0n) is 8.97. The van der Waals surface area contributed by atoms with Gasteiger partial charge in [-0.25, -0.2) is 0 Å². The Bertz CT molecular complexity index is 419. The van der Waals surface area contributed by atoms with Crippen molar-refractivity contribution in [3.8, 4) is 5.75 Å². The highest BCUT2D eigenvalue weighted by Gasteiger charge is 2.32. The predicted octanol–water partition coefficient (Wildman–Crippen LogP) is 1.41. The van der Waals surface area contributed by atoms with E-state index in [1.807, 2.05) is 0 Å². The van der Waals surface area contributed by atoms with Gasteiger partial charge in [-0.1, -0.05) is 0 Å². The van der Waals surface area contributed by atoms with Crippen LogP contribution >= 0.6 is 0 Å². The van der Waals surface area contributed by atoms with Crippen molar-refractivity contribution in [2.45, 2.75) is 6.18 Å². The van der Waals surface area contributed by atoms with Crippen LogP contribution in [0.5, 0.6) is 5.75 Å². The number of nitrogens with one attached hydrogen (secondary N) is 1. The molecule has 0 saturated carbocycles. The van der Waals surface area contributed by atoms with E-state index in [0.29, 0.717) is 0 Å². The Morgan fingerprint density at radius 1 is 1.47 bits per heavy atom. The molecule has 0 fully saturated rings. The number of carbonyl (C=O) groups is 1. The Morgan fingerprint density at radius 3 is 2.59 bits per heavy atom. The first-order valence-corrected chi connectivity index (χ1v) is 4.64. The van der Waals surface area contributed by atoms with E-state index in [2.05, 4.69) is 5.32 Å². The fraction of sp³-hybridized carbons (Fsp3) is 0.300. The van der Waals surface area contributed by atoms with E-state index in [4.69, 9.17) is 10.5 Å². The van der Waals surface area contributed by atoms with Crippen LogP contribution in [-0.4, -0.2) is 19.6 Å². The van der Waals surface area contributed by atoms with E-state index >= 15 is 0 Å². The average Bonchev–Trinajstić information content (AvgIpc) is 2.24. The molecular weight excluding hydrogens is 237 g/mol. The summed E-state index contributed by atoms with van der Waals surface area (Å²) in [6.07, 6.45) is -4.50. The minimum atomic E-state index is -4.50. The highest BCUT2D eigenvalue weighted by Crippen LogP contribution is 2.35. The lowest BCUT2D eigenvalue weighted by Crippen LogP contribution is -2.24. The molecule has 1 amide bonds. The number of amides is 1. The number of carbonyl (C=O) groups excluding carboxylic acids is 1. The number of alkyl halides is 3. The molecule has 0 bridgehead atoms. The van der Waals surface area contributed by atoms with Gasteiger partial charge in [0.25, 0.3) is 5.91 Å². The van der Waals surface area contributed by atoms with Crippen LogP contribution in [0.15, 0.2) is 18.2 Å². The largest absolute Gasteiger partial charge is 0.484 e. The van der Waals surface area contributed by atoms with Gasteiger partial charge in [0, 0.05) is 18.8 Å². The second-order valence-corrected chi connectivity index (χ2v) is 3.21. The fourth-order valence-electron chi connectivity index (χ4n) is 1.11. The maximum Gasteiger partial charge on any atom is 0.418 e. The van der Waals surface area contributed by atoms with Crippen molar-refractivity contribution in [3.63, 3.8) is 0 Å². The highest BCUT2D eigenvalue weighted by atomic mass is 19.4. The van der Waals surface area contributed by atoms with Crippen LogP contribution in [0.1, 0.15) is 5.56 Å². The Morgan fingerprint density at radius 2 is 2.12 bits per heavy atom. The zero-order valence-corrected chi connectivity index (χ0v) is 8.97. The van der Waals surface area contributed by atoms with E-state index in [1.165, 1.54) is 7.05 Å². The molecule has 0 aliphatic heterocycles. The molecule has 0 aromatic heterocycles. The number of likely N-dealkylation sites (N-methyl/N-ethyl adjacent to an activating group) is 1. The molecule has 0 aliphatic carbocycles. The third kappa shape index (κ3) is 3.54. The van der Waals surface area contributed by atoms with Crippen molar-refractivity contribution in [1.29, 1.82) is 0 Å². The van der Waals surface area contributed by atoms with Crippen molar-refractivity contribution in [2.24, 2.45) is 0 Å². The van der Waals surface area contributed by atoms with Gasteiger partial charge in [0.05, 0.1) is 5.56 Å².